The lowest BCUT2D eigenvalue weighted by atomic mass is 9.89. The lowest BCUT2D eigenvalue weighted by molar-refractivity contribution is -0.150. The first-order chi connectivity index (χ1) is 8.27. The maximum absolute atomic E-state index is 12.1. The Balaban J connectivity index is 2.15. The quantitative estimate of drug-likeness (QED) is 0.807. The second-order valence-corrected chi connectivity index (χ2v) is 4.50. The summed E-state index contributed by atoms with van der Waals surface area (Å²) >= 11 is 0. The Morgan fingerprint density at radius 3 is 2.76 bits per heavy atom. The number of esters is 1. The molecule has 1 atom stereocenters. The molecule has 0 aliphatic carbocycles. The third kappa shape index (κ3) is 2.67. The summed E-state index contributed by atoms with van der Waals surface area (Å²) in [5, 5.41) is 3.33. The van der Waals surface area contributed by atoms with Crippen LogP contribution in [0.3, 0.4) is 0 Å². The van der Waals surface area contributed by atoms with Gasteiger partial charge >= 0.3 is 5.97 Å². The largest absolute Gasteiger partial charge is 0.465 e. The average molecular weight is 233 g/mol. The van der Waals surface area contributed by atoms with Crippen molar-refractivity contribution >= 4 is 5.97 Å². The Labute approximate surface area is 102 Å². The maximum Gasteiger partial charge on any atom is 0.326 e. The fraction of sp³-hybridized carbons (Fsp3) is 0.500. The SMILES string of the molecule is CCOC(=O)C1(Cc2ccccc2)CCCN1. The van der Waals surface area contributed by atoms with Gasteiger partial charge in [-0.15, -0.1) is 0 Å². The zero-order valence-electron chi connectivity index (χ0n) is 10.2. The van der Waals surface area contributed by atoms with E-state index in [1.54, 1.807) is 0 Å². The topological polar surface area (TPSA) is 38.3 Å². The normalized spacial score (nSPS) is 23.6. The van der Waals surface area contributed by atoms with E-state index in [-0.39, 0.29) is 5.97 Å². The van der Waals surface area contributed by atoms with Crippen molar-refractivity contribution in [2.45, 2.75) is 31.7 Å². The summed E-state index contributed by atoms with van der Waals surface area (Å²) in [6.45, 7) is 3.19. The third-order valence-electron chi connectivity index (χ3n) is 3.26. The molecule has 0 saturated carbocycles. The van der Waals surface area contributed by atoms with Gasteiger partial charge in [-0.25, -0.2) is 0 Å². The van der Waals surface area contributed by atoms with Crippen LogP contribution in [0.4, 0.5) is 0 Å². The standard InChI is InChI=1S/C14H19NO2/c1-2-17-13(16)14(9-6-10-15-14)11-12-7-4-3-5-8-12/h3-5,7-8,15H,2,6,9-11H2,1H3. The molecule has 0 radical (unpaired) electrons. The van der Waals surface area contributed by atoms with Gasteiger partial charge < -0.3 is 10.1 Å². The van der Waals surface area contributed by atoms with Crippen molar-refractivity contribution in [2.24, 2.45) is 0 Å². The van der Waals surface area contributed by atoms with Gasteiger partial charge in [-0.2, -0.15) is 0 Å². The Morgan fingerprint density at radius 1 is 1.41 bits per heavy atom. The van der Waals surface area contributed by atoms with Crippen molar-refractivity contribution in [1.29, 1.82) is 0 Å². The van der Waals surface area contributed by atoms with Crippen molar-refractivity contribution in [3.8, 4) is 0 Å². The van der Waals surface area contributed by atoms with E-state index in [0.29, 0.717) is 13.0 Å². The third-order valence-corrected chi connectivity index (χ3v) is 3.26. The van der Waals surface area contributed by atoms with E-state index in [1.807, 2.05) is 25.1 Å². The molecule has 2 rings (SSSR count). The molecule has 1 saturated heterocycles. The molecule has 1 aromatic carbocycles. The number of nitrogens with one attached hydrogen (secondary N) is 1. The molecule has 3 heteroatoms. The number of ether oxygens (including phenoxy) is 1. The van der Waals surface area contributed by atoms with Crippen LogP contribution in [0.25, 0.3) is 0 Å². The van der Waals surface area contributed by atoms with Gasteiger partial charge in [-0.05, 0) is 31.9 Å². The molecule has 1 fully saturated rings. The molecule has 3 nitrogen and oxygen atoms in total. The van der Waals surface area contributed by atoms with E-state index >= 15 is 0 Å². The van der Waals surface area contributed by atoms with Gasteiger partial charge in [-0.3, -0.25) is 4.79 Å². The zero-order chi connectivity index (χ0) is 12.1. The summed E-state index contributed by atoms with van der Waals surface area (Å²) in [7, 11) is 0. The average Bonchev–Trinajstić information content (AvgIpc) is 2.80. The van der Waals surface area contributed by atoms with Gasteiger partial charge in [0.1, 0.15) is 5.54 Å². The van der Waals surface area contributed by atoms with Crippen molar-refractivity contribution < 1.29 is 9.53 Å². The van der Waals surface area contributed by atoms with E-state index in [9.17, 15) is 4.79 Å². The summed E-state index contributed by atoms with van der Waals surface area (Å²) in [4.78, 5) is 12.1. The number of benzene rings is 1. The smallest absolute Gasteiger partial charge is 0.326 e. The van der Waals surface area contributed by atoms with E-state index < -0.39 is 5.54 Å². The van der Waals surface area contributed by atoms with E-state index in [2.05, 4.69) is 17.4 Å². The Hall–Kier alpha value is -1.35. The molecule has 0 spiro atoms. The summed E-state index contributed by atoms with van der Waals surface area (Å²) in [6, 6.07) is 10.1. The lowest BCUT2D eigenvalue weighted by Crippen LogP contribution is -2.50. The monoisotopic (exact) mass is 233 g/mol. The summed E-state index contributed by atoms with van der Waals surface area (Å²) in [6.07, 6.45) is 2.61. The Morgan fingerprint density at radius 2 is 2.18 bits per heavy atom. The van der Waals surface area contributed by atoms with Crippen LogP contribution in [-0.2, 0) is 16.0 Å². The van der Waals surface area contributed by atoms with Crippen LogP contribution < -0.4 is 5.32 Å². The minimum atomic E-state index is -0.503. The molecule has 0 amide bonds. The number of rotatable bonds is 4. The maximum atomic E-state index is 12.1. The molecule has 1 heterocycles. The highest BCUT2D eigenvalue weighted by Crippen LogP contribution is 2.25. The molecule has 0 bridgehead atoms. The molecule has 17 heavy (non-hydrogen) atoms. The van der Waals surface area contributed by atoms with E-state index in [1.165, 1.54) is 5.56 Å². The first kappa shape index (κ1) is 12.1. The number of carbonyl (C=O) groups excluding carboxylic acids is 1. The van der Waals surface area contributed by atoms with Crippen LogP contribution in [0.15, 0.2) is 30.3 Å². The van der Waals surface area contributed by atoms with Crippen molar-refractivity contribution in [3.63, 3.8) is 0 Å². The van der Waals surface area contributed by atoms with Crippen molar-refractivity contribution in [2.75, 3.05) is 13.2 Å². The van der Waals surface area contributed by atoms with Crippen LogP contribution in [0.5, 0.6) is 0 Å². The minimum Gasteiger partial charge on any atom is -0.465 e. The van der Waals surface area contributed by atoms with Crippen molar-refractivity contribution in [1.82, 2.24) is 5.32 Å². The molecule has 1 N–H and O–H groups in total. The minimum absolute atomic E-state index is 0.110. The molecule has 92 valence electrons. The molecule has 1 unspecified atom stereocenters. The summed E-state index contributed by atoms with van der Waals surface area (Å²) in [5.74, 6) is -0.110. The second kappa shape index (κ2) is 5.32. The molecule has 1 aliphatic rings. The number of hydrogen-bond acceptors (Lipinski definition) is 3. The van der Waals surface area contributed by atoms with Crippen LogP contribution in [-0.4, -0.2) is 24.7 Å². The molecule has 1 aromatic rings. The van der Waals surface area contributed by atoms with Gasteiger partial charge in [-0.1, -0.05) is 30.3 Å². The van der Waals surface area contributed by atoms with E-state index in [0.717, 1.165) is 19.4 Å². The van der Waals surface area contributed by atoms with Crippen LogP contribution in [0, 0.1) is 0 Å². The highest BCUT2D eigenvalue weighted by atomic mass is 16.5. The highest BCUT2D eigenvalue weighted by molar-refractivity contribution is 5.81. The first-order valence-corrected chi connectivity index (χ1v) is 6.23. The van der Waals surface area contributed by atoms with Crippen LogP contribution in [0.1, 0.15) is 25.3 Å². The lowest BCUT2D eigenvalue weighted by Gasteiger charge is -2.27. The van der Waals surface area contributed by atoms with Crippen LogP contribution in [0.2, 0.25) is 0 Å². The van der Waals surface area contributed by atoms with Gasteiger partial charge in [0, 0.05) is 6.42 Å². The predicted molar refractivity (Wildman–Crippen MR) is 66.7 cm³/mol. The number of carbonyl (C=O) groups is 1. The molecule has 1 aliphatic heterocycles. The first-order valence-electron chi connectivity index (χ1n) is 6.23. The molecular formula is C14H19NO2. The molecule has 0 aromatic heterocycles. The predicted octanol–water partition coefficient (Wildman–Crippen LogP) is 1.91. The van der Waals surface area contributed by atoms with Crippen molar-refractivity contribution in [3.05, 3.63) is 35.9 Å². The fourth-order valence-electron chi connectivity index (χ4n) is 2.42. The van der Waals surface area contributed by atoms with Gasteiger partial charge in [0.05, 0.1) is 6.61 Å². The van der Waals surface area contributed by atoms with Gasteiger partial charge in [0.2, 0.25) is 0 Å². The summed E-state index contributed by atoms with van der Waals surface area (Å²) in [5.41, 5.74) is 0.673. The second-order valence-electron chi connectivity index (χ2n) is 4.50. The Bertz CT molecular complexity index is 369. The Kier molecular flexibility index (Phi) is 3.79. The molecular weight excluding hydrogens is 214 g/mol. The fourth-order valence-corrected chi connectivity index (χ4v) is 2.42. The highest BCUT2D eigenvalue weighted by Gasteiger charge is 2.42. The van der Waals surface area contributed by atoms with E-state index in [4.69, 9.17) is 4.74 Å². The van der Waals surface area contributed by atoms with Gasteiger partial charge in [0.25, 0.3) is 0 Å². The van der Waals surface area contributed by atoms with Gasteiger partial charge in [0.15, 0.2) is 0 Å². The summed E-state index contributed by atoms with van der Waals surface area (Å²) < 4.78 is 5.20. The van der Waals surface area contributed by atoms with Crippen LogP contribution >= 0.6 is 0 Å². The zero-order valence-corrected chi connectivity index (χ0v) is 10.2. The number of hydrogen-bond donors (Lipinski definition) is 1.